The molecule has 0 saturated heterocycles. The number of anilines is 1. The molecule has 0 atom stereocenters. The SMILES string of the molecule is CCCCc1nc2ccc(N(C(=O)c3ccccc3)C(C)C)cc2n1-c1cccc(-c2ccccc2C(=O)O)c1C. The Morgan fingerprint density at radius 3 is 2.32 bits per heavy atom. The van der Waals surface area contributed by atoms with Crippen LogP contribution in [-0.4, -0.2) is 32.6 Å². The second kappa shape index (κ2) is 11.8. The summed E-state index contributed by atoms with van der Waals surface area (Å²) in [4.78, 5) is 32.5. The van der Waals surface area contributed by atoms with Crippen molar-refractivity contribution in [2.24, 2.45) is 0 Å². The van der Waals surface area contributed by atoms with Gasteiger partial charge < -0.3 is 10.0 Å². The van der Waals surface area contributed by atoms with Crippen molar-refractivity contribution in [3.05, 3.63) is 114 Å². The van der Waals surface area contributed by atoms with Crippen molar-refractivity contribution in [1.29, 1.82) is 0 Å². The molecule has 0 spiro atoms. The summed E-state index contributed by atoms with van der Waals surface area (Å²) >= 11 is 0. The van der Waals surface area contributed by atoms with E-state index >= 15 is 0 Å². The second-order valence-electron chi connectivity index (χ2n) is 10.6. The lowest BCUT2D eigenvalue weighted by atomic mass is 9.95. The average Bonchev–Trinajstić information content (AvgIpc) is 3.34. The van der Waals surface area contributed by atoms with Gasteiger partial charge in [-0.15, -0.1) is 0 Å². The molecule has 6 heteroatoms. The average molecular weight is 546 g/mol. The topological polar surface area (TPSA) is 75.4 Å². The monoisotopic (exact) mass is 545 g/mol. The molecule has 1 heterocycles. The number of hydrogen-bond donors (Lipinski definition) is 1. The summed E-state index contributed by atoms with van der Waals surface area (Å²) in [5, 5.41) is 9.86. The van der Waals surface area contributed by atoms with Crippen molar-refractivity contribution < 1.29 is 14.7 Å². The van der Waals surface area contributed by atoms with Crippen molar-refractivity contribution in [2.45, 2.75) is 53.0 Å². The third-order valence-electron chi connectivity index (χ3n) is 7.49. The van der Waals surface area contributed by atoms with E-state index in [-0.39, 0.29) is 17.5 Å². The zero-order valence-corrected chi connectivity index (χ0v) is 24.0. The van der Waals surface area contributed by atoms with Crippen LogP contribution in [0.15, 0.2) is 91.0 Å². The van der Waals surface area contributed by atoms with Crippen LogP contribution in [0.3, 0.4) is 0 Å². The molecular weight excluding hydrogens is 510 g/mol. The minimum absolute atomic E-state index is 0.0549. The number of nitrogens with zero attached hydrogens (tertiary/aromatic N) is 3. The number of hydrogen-bond acceptors (Lipinski definition) is 3. The highest BCUT2D eigenvalue weighted by Gasteiger charge is 2.23. The normalized spacial score (nSPS) is 11.2. The van der Waals surface area contributed by atoms with Gasteiger partial charge in [0.1, 0.15) is 5.82 Å². The number of unbranched alkanes of at least 4 members (excludes halogenated alkanes) is 1. The lowest BCUT2D eigenvalue weighted by Crippen LogP contribution is -2.37. The van der Waals surface area contributed by atoms with Crippen LogP contribution in [0.1, 0.15) is 65.7 Å². The number of fused-ring (bicyclic) bond motifs is 1. The van der Waals surface area contributed by atoms with E-state index in [0.29, 0.717) is 11.1 Å². The lowest BCUT2D eigenvalue weighted by Gasteiger charge is -2.27. The molecule has 41 heavy (non-hydrogen) atoms. The molecule has 0 aliphatic rings. The van der Waals surface area contributed by atoms with E-state index in [9.17, 15) is 14.7 Å². The minimum atomic E-state index is -0.955. The van der Waals surface area contributed by atoms with Crippen molar-refractivity contribution in [3.63, 3.8) is 0 Å². The Bertz CT molecular complexity index is 1720. The molecule has 1 aromatic heterocycles. The van der Waals surface area contributed by atoms with E-state index in [1.165, 1.54) is 0 Å². The molecule has 0 aliphatic heterocycles. The number of aromatic carboxylic acids is 1. The number of aryl methyl sites for hydroxylation is 1. The first-order chi connectivity index (χ1) is 19.8. The molecule has 1 amide bonds. The number of amides is 1. The molecular formula is C35H35N3O3. The van der Waals surface area contributed by atoms with Gasteiger partial charge in [0.15, 0.2) is 0 Å². The van der Waals surface area contributed by atoms with Gasteiger partial charge in [-0.25, -0.2) is 9.78 Å². The van der Waals surface area contributed by atoms with Crippen LogP contribution in [0.5, 0.6) is 0 Å². The molecule has 0 unspecified atom stereocenters. The number of rotatable bonds is 9. The van der Waals surface area contributed by atoms with Gasteiger partial charge in [-0.05, 0) is 86.3 Å². The van der Waals surface area contributed by atoms with Gasteiger partial charge in [-0.3, -0.25) is 9.36 Å². The van der Waals surface area contributed by atoms with Crippen LogP contribution >= 0.6 is 0 Å². The van der Waals surface area contributed by atoms with E-state index in [2.05, 4.69) is 23.6 Å². The maximum absolute atomic E-state index is 13.6. The van der Waals surface area contributed by atoms with Crippen LogP contribution in [0.25, 0.3) is 27.8 Å². The van der Waals surface area contributed by atoms with E-state index < -0.39 is 5.97 Å². The number of carbonyl (C=O) groups excluding carboxylic acids is 1. The number of carbonyl (C=O) groups is 2. The van der Waals surface area contributed by atoms with Gasteiger partial charge in [0.25, 0.3) is 5.91 Å². The highest BCUT2D eigenvalue weighted by atomic mass is 16.4. The van der Waals surface area contributed by atoms with Gasteiger partial charge >= 0.3 is 5.97 Å². The smallest absolute Gasteiger partial charge is 0.336 e. The third-order valence-corrected chi connectivity index (χ3v) is 7.49. The molecule has 4 aromatic carbocycles. The van der Waals surface area contributed by atoms with Crippen LogP contribution in [0.4, 0.5) is 5.69 Å². The minimum Gasteiger partial charge on any atom is -0.478 e. The van der Waals surface area contributed by atoms with Crippen molar-refractivity contribution >= 4 is 28.6 Å². The number of carboxylic acids is 1. The van der Waals surface area contributed by atoms with E-state index in [1.807, 2.05) is 92.4 Å². The zero-order valence-electron chi connectivity index (χ0n) is 24.0. The molecule has 0 saturated carbocycles. The Labute approximate surface area is 240 Å². The fourth-order valence-corrected chi connectivity index (χ4v) is 5.47. The summed E-state index contributed by atoms with van der Waals surface area (Å²) in [7, 11) is 0. The Morgan fingerprint density at radius 2 is 1.61 bits per heavy atom. The lowest BCUT2D eigenvalue weighted by molar-refractivity contribution is 0.0697. The van der Waals surface area contributed by atoms with Gasteiger partial charge in [0, 0.05) is 23.7 Å². The van der Waals surface area contributed by atoms with Crippen molar-refractivity contribution in [2.75, 3.05) is 4.90 Å². The van der Waals surface area contributed by atoms with Gasteiger partial charge in [-0.2, -0.15) is 0 Å². The van der Waals surface area contributed by atoms with Gasteiger partial charge in [-0.1, -0.05) is 61.9 Å². The predicted octanol–water partition coefficient (Wildman–Crippen LogP) is 8.10. The first-order valence-electron chi connectivity index (χ1n) is 14.1. The quantitative estimate of drug-likeness (QED) is 0.203. The number of imidazole rings is 1. The molecule has 0 fully saturated rings. The first-order valence-corrected chi connectivity index (χ1v) is 14.1. The molecule has 5 aromatic rings. The third kappa shape index (κ3) is 5.38. The summed E-state index contributed by atoms with van der Waals surface area (Å²) in [5.41, 5.74) is 6.92. The fourth-order valence-electron chi connectivity index (χ4n) is 5.47. The maximum Gasteiger partial charge on any atom is 0.336 e. The largest absolute Gasteiger partial charge is 0.478 e. The highest BCUT2D eigenvalue weighted by molar-refractivity contribution is 6.07. The number of benzene rings is 4. The Kier molecular flexibility index (Phi) is 8.02. The summed E-state index contributed by atoms with van der Waals surface area (Å²) in [5.74, 6) is -0.0689. The predicted molar refractivity (Wildman–Crippen MR) is 165 cm³/mol. The maximum atomic E-state index is 13.6. The van der Waals surface area contributed by atoms with Crippen LogP contribution in [-0.2, 0) is 6.42 Å². The Balaban J connectivity index is 1.71. The van der Waals surface area contributed by atoms with Crippen molar-refractivity contribution in [1.82, 2.24) is 9.55 Å². The van der Waals surface area contributed by atoms with Crippen LogP contribution in [0.2, 0.25) is 0 Å². The standard InChI is InChI=1S/C35H35N3O3/c1-5-6-19-33-36-30-21-20-26(37(23(2)3)34(39)25-13-8-7-9-14-25)22-32(30)38(33)31-18-12-17-27(24(31)4)28-15-10-11-16-29(28)35(40)41/h7-18,20-23H,5-6,19H2,1-4H3,(H,40,41). The Hall–Kier alpha value is -4.71. The number of aromatic nitrogens is 2. The zero-order chi connectivity index (χ0) is 29.1. The molecule has 5 rings (SSSR count). The summed E-state index contributed by atoms with van der Waals surface area (Å²) in [6.07, 6.45) is 2.82. The summed E-state index contributed by atoms with van der Waals surface area (Å²) in [6, 6.07) is 28.4. The molecule has 6 nitrogen and oxygen atoms in total. The van der Waals surface area contributed by atoms with E-state index in [1.54, 1.807) is 12.1 Å². The molecule has 0 radical (unpaired) electrons. The summed E-state index contributed by atoms with van der Waals surface area (Å²) < 4.78 is 2.18. The van der Waals surface area contributed by atoms with Crippen molar-refractivity contribution in [3.8, 4) is 16.8 Å². The second-order valence-corrected chi connectivity index (χ2v) is 10.6. The van der Waals surface area contributed by atoms with E-state index in [0.717, 1.165) is 58.6 Å². The Morgan fingerprint density at radius 1 is 0.902 bits per heavy atom. The van der Waals surface area contributed by atoms with E-state index in [4.69, 9.17) is 4.98 Å². The highest BCUT2D eigenvalue weighted by Crippen LogP contribution is 2.34. The summed E-state index contributed by atoms with van der Waals surface area (Å²) in [6.45, 7) is 8.22. The molecule has 0 bridgehead atoms. The van der Waals surface area contributed by atoms with Gasteiger partial charge in [0.05, 0.1) is 22.3 Å². The molecule has 0 aliphatic carbocycles. The fraction of sp³-hybridized carbons (Fsp3) is 0.229. The molecule has 1 N–H and O–H groups in total. The van der Waals surface area contributed by atoms with Crippen LogP contribution in [0, 0.1) is 6.92 Å². The number of carboxylic acid groups (broad SMARTS) is 1. The van der Waals surface area contributed by atoms with Gasteiger partial charge in [0.2, 0.25) is 0 Å². The first kappa shape index (κ1) is 27.8. The molecule has 208 valence electrons. The van der Waals surface area contributed by atoms with Crippen LogP contribution < -0.4 is 4.90 Å².